The van der Waals surface area contributed by atoms with Crippen molar-refractivity contribution in [2.45, 2.75) is 6.92 Å². The normalized spacial score (nSPS) is 9.89. The van der Waals surface area contributed by atoms with Gasteiger partial charge in [0.15, 0.2) is 0 Å². The molecule has 0 saturated carbocycles. The van der Waals surface area contributed by atoms with Gasteiger partial charge in [0.1, 0.15) is 5.75 Å². The Bertz CT molecular complexity index is 535. The number of para-hydroxylation sites is 1. The van der Waals surface area contributed by atoms with E-state index < -0.39 is 6.09 Å². The number of halogens is 1. The summed E-state index contributed by atoms with van der Waals surface area (Å²) < 4.78 is 5.10. The van der Waals surface area contributed by atoms with E-state index in [4.69, 9.17) is 16.3 Å². The minimum absolute atomic E-state index is 0.494. The molecule has 3 nitrogen and oxygen atoms in total. The summed E-state index contributed by atoms with van der Waals surface area (Å²) >= 11 is 5.90. The fourth-order valence-corrected chi connectivity index (χ4v) is 1.84. The fourth-order valence-electron chi connectivity index (χ4n) is 1.55. The molecule has 0 saturated heterocycles. The number of rotatable bonds is 2. The molecule has 92 valence electrons. The summed E-state index contributed by atoms with van der Waals surface area (Å²) in [6, 6.07) is 14.2. The third-order valence-electron chi connectivity index (χ3n) is 2.24. The van der Waals surface area contributed by atoms with E-state index in [0.717, 1.165) is 5.56 Å². The van der Waals surface area contributed by atoms with E-state index in [9.17, 15) is 4.79 Å². The summed E-state index contributed by atoms with van der Waals surface area (Å²) in [5, 5.41) is 3.20. The van der Waals surface area contributed by atoms with Gasteiger partial charge in [-0.25, -0.2) is 4.79 Å². The van der Waals surface area contributed by atoms with Crippen molar-refractivity contribution < 1.29 is 9.53 Å². The number of aryl methyl sites for hydroxylation is 1. The molecular formula is C14H12ClNO2. The lowest BCUT2D eigenvalue weighted by Gasteiger charge is -2.07. The number of carbonyl (C=O) groups is 1. The molecule has 2 rings (SSSR count). The first kappa shape index (κ1) is 12.5. The van der Waals surface area contributed by atoms with Gasteiger partial charge in [-0.1, -0.05) is 29.8 Å². The van der Waals surface area contributed by atoms with Gasteiger partial charge in [-0.15, -0.1) is 0 Å². The fraction of sp³-hybridized carbons (Fsp3) is 0.0714. The Kier molecular flexibility index (Phi) is 3.85. The zero-order valence-corrected chi connectivity index (χ0v) is 10.6. The molecule has 0 aliphatic rings. The zero-order valence-electron chi connectivity index (χ0n) is 9.81. The van der Waals surface area contributed by atoms with Gasteiger partial charge in [0.2, 0.25) is 0 Å². The summed E-state index contributed by atoms with van der Waals surface area (Å²) in [4.78, 5) is 11.6. The molecule has 2 aromatic rings. The minimum Gasteiger partial charge on any atom is -0.410 e. The van der Waals surface area contributed by atoms with Crippen LogP contribution in [-0.4, -0.2) is 6.09 Å². The molecule has 0 unspecified atom stereocenters. The molecule has 0 atom stereocenters. The highest BCUT2D eigenvalue weighted by Crippen LogP contribution is 2.19. The van der Waals surface area contributed by atoms with Crippen LogP contribution in [0.5, 0.6) is 5.75 Å². The number of hydrogen-bond acceptors (Lipinski definition) is 2. The van der Waals surface area contributed by atoms with Crippen molar-refractivity contribution in [2.24, 2.45) is 0 Å². The highest BCUT2D eigenvalue weighted by Gasteiger charge is 2.05. The average Bonchev–Trinajstić information content (AvgIpc) is 2.28. The number of carbonyl (C=O) groups excluding carboxylic acids is 1. The molecule has 18 heavy (non-hydrogen) atoms. The Morgan fingerprint density at radius 2 is 1.89 bits per heavy atom. The van der Waals surface area contributed by atoms with Crippen LogP contribution >= 0.6 is 11.6 Å². The van der Waals surface area contributed by atoms with E-state index in [0.29, 0.717) is 16.5 Å². The lowest BCUT2D eigenvalue weighted by molar-refractivity contribution is 0.215. The van der Waals surface area contributed by atoms with E-state index in [1.807, 2.05) is 25.1 Å². The molecule has 4 heteroatoms. The van der Waals surface area contributed by atoms with Crippen LogP contribution in [-0.2, 0) is 0 Å². The van der Waals surface area contributed by atoms with Crippen LogP contribution in [0, 0.1) is 6.92 Å². The Balaban J connectivity index is 2.03. The van der Waals surface area contributed by atoms with Gasteiger partial charge in [0.05, 0.1) is 0 Å². The molecule has 0 heterocycles. The number of anilines is 1. The minimum atomic E-state index is -0.539. The van der Waals surface area contributed by atoms with Crippen molar-refractivity contribution in [3.05, 3.63) is 59.1 Å². The van der Waals surface area contributed by atoms with Gasteiger partial charge >= 0.3 is 6.09 Å². The maximum atomic E-state index is 11.6. The first-order valence-electron chi connectivity index (χ1n) is 5.44. The van der Waals surface area contributed by atoms with E-state index in [2.05, 4.69) is 5.32 Å². The number of ether oxygens (including phenoxy) is 1. The highest BCUT2D eigenvalue weighted by atomic mass is 35.5. The van der Waals surface area contributed by atoms with Crippen molar-refractivity contribution in [3.8, 4) is 5.75 Å². The molecule has 0 aromatic heterocycles. The second-order valence-electron chi connectivity index (χ2n) is 3.84. The third kappa shape index (κ3) is 3.50. The summed E-state index contributed by atoms with van der Waals surface area (Å²) in [6.45, 7) is 1.90. The topological polar surface area (TPSA) is 38.3 Å². The average molecular weight is 262 g/mol. The molecule has 1 N–H and O–H groups in total. The number of amides is 1. The molecular weight excluding hydrogens is 250 g/mol. The van der Waals surface area contributed by atoms with Crippen LogP contribution in [0.2, 0.25) is 5.02 Å². The molecule has 2 aromatic carbocycles. The largest absolute Gasteiger partial charge is 0.417 e. The first-order chi connectivity index (χ1) is 8.63. The molecule has 1 amide bonds. The van der Waals surface area contributed by atoms with Crippen LogP contribution in [0.15, 0.2) is 48.5 Å². The standard InChI is InChI=1S/C14H12ClNO2/c1-10-7-11(15)9-12(8-10)16-14(17)18-13-5-3-2-4-6-13/h2-9H,1H3,(H,16,17). The summed E-state index contributed by atoms with van der Waals surface area (Å²) in [6.07, 6.45) is -0.539. The van der Waals surface area contributed by atoms with Crippen LogP contribution in [0.1, 0.15) is 5.56 Å². The molecule has 0 radical (unpaired) electrons. The van der Waals surface area contributed by atoms with E-state index in [1.165, 1.54) is 0 Å². The maximum absolute atomic E-state index is 11.6. The SMILES string of the molecule is Cc1cc(Cl)cc(NC(=O)Oc2ccccc2)c1. The Labute approximate surface area is 110 Å². The van der Waals surface area contributed by atoms with Crippen molar-refractivity contribution in [1.82, 2.24) is 0 Å². The predicted molar refractivity (Wildman–Crippen MR) is 72.3 cm³/mol. The maximum Gasteiger partial charge on any atom is 0.417 e. The van der Waals surface area contributed by atoms with Gasteiger partial charge in [-0.2, -0.15) is 0 Å². The molecule has 0 aliphatic carbocycles. The summed E-state index contributed by atoms with van der Waals surface area (Å²) in [7, 11) is 0. The Morgan fingerprint density at radius 1 is 1.17 bits per heavy atom. The molecule has 0 fully saturated rings. The summed E-state index contributed by atoms with van der Waals surface area (Å²) in [5.74, 6) is 0.494. The first-order valence-corrected chi connectivity index (χ1v) is 5.82. The monoisotopic (exact) mass is 261 g/mol. The van der Waals surface area contributed by atoms with Gasteiger partial charge in [-0.3, -0.25) is 5.32 Å². The second kappa shape index (κ2) is 5.56. The van der Waals surface area contributed by atoms with Crippen LogP contribution in [0.4, 0.5) is 10.5 Å². The Hall–Kier alpha value is -2.00. The van der Waals surface area contributed by atoms with E-state index >= 15 is 0 Å². The van der Waals surface area contributed by atoms with Crippen LogP contribution in [0.3, 0.4) is 0 Å². The number of nitrogens with one attached hydrogen (secondary N) is 1. The molecule has 0 spiro atoms. The van der Waals surface area contributed by atoms with Crippen LogP contribution < -0.4 is 10.1 Å². The van der Waals surface area contributed by atoms with E-state index in [1.54, 1.807) is 30.3 Å². The predicted octanol–water partition coefficient (Wildman–Crippen LogP) is 4.26. The van der Waals surface area contributed by atoms with Crippen molar-refractivity contribution in [3.63, 3.8) is 0 Å². The van der Waals surface area contributed by atoms with Crippen LogP contribution in [0.25, 0.3) is 0 Å². The van der Waals surface area contributed by atoms with Gasteiger partial charge in [0.25, 0.3) is 0 Å². The van der Waals surface area contributed by atoms with Gasteiger partial charge < -0.3 is 4.74 Å². The van der Waals surface area contributed by atoms with Gasteiger partial charge in [-0.05, 0) is 42.8 Å². The smallest absolute Gasteiger partial charge is 0.410 e. The lowest BCUT2D eigenvalue weighted by Crippen LogP contribution is -2.16. The summed E-state index contributed by atoms with van der Waals surface area (Å²) in [5.41, 5.74) is 1.58. The quantitative estimate of drug-likeness (QED) is 0.877. The van der Waals surface area contributed by atoms with Gasteiger partial charge in [0, 0.05) is 10.7 Å². The second-order valence-corrected chi connectivity index (χ2v) is 4.28. The van der Waals surface area contributed by atoms with Crippen molar-refractivity contribution in [1.29, 1.82) is 0 Å². The molecule has 0 aliphatic heterocycles. The zero-order chi connectivity index (χ0) is 13.0. The highest BCUT2D eigenvalue weighted by molar-refractivity contribution is 6.31. The van der Waals surface area contributed by atoms with Crippen molar-refractivity contribution >= 4 is 23.4 Å². The number of hydrogen-bond donors (Lipinski definition) is 1. The number of benzene rings is 2. The van der Waals surface area contributed by atoms with E-state index in [-0.39, 0.29) is 0 Å². The lowest BCUT2D eigenvalue weighted by atomic mass is 10.2. The Morgan fingerprint density at radius 3 is 2.56 bits per heavy atom. The molecule has 0 bridgehead atoms. The third-order valence-corrected chi connectivity index (χ3v) is 2.46. The van der Waals surface area contributed by atoms with Crippen molar-refractivity contribution in [2.75, 3.05) is 5.32 Å².